The quantitative estimate of drug-likeness (QED) is 0.522. The number of rotatable bonds is 2. The largest absolute Gasteiger partial charge is 0.338 e. The molecule has 0 radical (unpaired) electrons. The van der Waals surface area contributed by atoms with Crippen LogP contribution in [0, 0.1) is 3.57 Å². The van der Waals surface area contributed by atoms with Crippen LogP contribution in [0.5, 0.6) is 0 Å². The van der Waals surface area contributed by atoms with Gasteiger partial charge in [0.15, 0.2) is 0 Å². The van der Waals surface area contributed by atoms with Crippen LogP contribution in [0.2, 0.25) is 0 Å². The molecule has 122 valence electrons. The summed E-state index contributed by atoms with van der Waals surface area (Å²) in [6.07, 6.45) is 2.15. The average Bonchev–Trinajstić information content (AvgIpc) is 3.05. The molecule has 1 amide bonds. The highest BCUT2D eigenvalue weighted by atomic mass is 127. The van der Waals surface area contributed by atoms with E-state index in [-0.39, 0.29) is 5.91 Å². The number of carbonyl (C=O) groups is 1. The van der Waals surface area contributed by atoms with E-state index in [1.165, 1.54) is 4.70 Å². The Morgan fingerprint density at radius 3 is 2.92 bits per heavy atom. The number of carbonyl (C=O) groups excluding carboxylic acids is 1. The van der Waals surface area contributed by atoms with Gasteiger partial charge in [0.1, 0.15) is 0 Å². The van der Waals surface area contributed by atoms with E-state index in [0.717, 1.165) is 45.6 Å². The normalized spacial score (nSPS) is 18.0. The van der Waals surface area contributed by atoms with E-state index >= 15 is 0 Å². The molecule has 0 N–H and O–H groups in total. The third-order valence-electron chi connectivity index (χ3n) is 4.44. The monoisotopic (exact) mass is 448 g/mol. The maximum atomic E-state index is 12.8. The standard InChI is InChI=1S/C19H17IN2OS/c20-15-7-3-5-13(11-15)19(23)22-10-4-6-14(12-22)18-21-16-8-1-2-9-17(16)24-18/h1-3,5,7-9,11,14H,4,6,10,12H2/t14-/m0/s1. The van der Waals surface area contributed by atoms with Crippen molar-refractivity contribution in [2.24, 2.45) is 0 Å². The summed E-state index contributed by atoms with van der Waals surface area (Å²) in [4.78, 5) is 19.6. The molecule has 1 atom stereocenters. The van der Waals surface area contributed by atoms with E-state index in [9.17, 15) is 4.79 Å². The number of nitrogens with zero attached hydrogens (tertiary/aromatic N) is 2. The third-order valence-corrected chi connectivity index (χ3v) is 6.31. The Bertz CT molecular complexity index is 859. The Labute approximate surface area is 158 Å². The van der Waals surface area contributed by atoms with Crippen molar-refractivity contribution in [3.05, 3.63) is 62.7 Å². The van der Waals surface area contributed by atoms with Crippen molar-refractivity contribution in [2.45, 2.75) is 18.8 Å². The molecule has 1 aliphatic rings. The van der Waals surface area contributed by atoms with Crippen LogP contribution in [-0.2, 0) is 0 Å². The van der Waals surface area contributed by atoms with Crippen LogP contribution in [0.3, 0.4) is 0 Å². The maximum Gasteiger partial charge on any atom is 0.253 e. The lowest BCUT2D eigenvalue weighted by atomic mass is 9.98. The lowest BCUT2D eigenvalue weighted by Gasteiger charge is -2.32. The Morgan fingerprint density at radius 2 is 2.08 bits per heavy atom. The van der Waals surface area contributed by atoms with Gasteiger partial charge in [-0.1, -0.05) is 18.2 Å². The number of piperidine rings is 1. The number of benzene rings is 2. The fourth-order valence-electron chi connectivity index (χ4n) is 3.23. The predicted molar refractivity (Wildman–Crippen MR) is 107 cm³/mol. The number of aromatic nitrogens is 1. The van der Waals surface area contributed by atoms with Gasteiger partial charge in [-0.3, -0.25) is 4.79 Å². The van der Waals surface area contributed by atoms with E-state index in [0.29, 0.717) is 5.92 Å². The second-order valence-electron chi connectivity index (χ2n) is 6.12. The molecule has 1 saturated heterocycles. The number of amides is 1. The molecule has 5 heteroatoms. The zero-order valence-electron chi connectivity index (χ0n) is 13.1. The fourth-order valence-corrected chi connectivity index (χ4v) is 4.87. The summed E-state index contributed by atoms with van der Waals surface area (Å²) >= 11 is 4.02. The molecule has 2 heterocycles. The first-order chi connectivity index (χ1) is 11.7. The van der Waals surface area contributed by atoms with Crippen molar-refractivity contribution < 1.29 is 4.79 Å². The SMILES string of the molecule is O=C(c1cccc(I)c1)N1CCC[C@H](c2nc3ccccc3s2)C1. The summed E-state index contributed by atoms with van der Waals surface area (Å²) in [7, 11) is 0. The summed E-state index contributed by atoms with van der Waals surface area (Å²) in [5.74, 6) is 0.488. The number of thiazole rings is 1. The van der Waals surface area contributed by atoms with Crippen molar-refractivity contribution in [1.29, 1.82) is 0 Å². The van der Waals surface area contributed by atoms with Crippen LogP contribution in [0.25, 0.3) is 10.2 Å². The van der Waals surface area contributed by atoms with Gasteiger partial charge in [0.25, 0.3) is 5.91 Å². The van der Waals surface area contributed by atoms with Gasteiger partial charge in [-0.15, -0.1) is 11.3 Å². The summed E-state index contributed by atoms with van der Waals surface area (Å²) in [5.41, 5.74) is 1.85. The minimum atomic E-state index is 0.138. The van der Waals surface area contributed by atoms with Crippen LogP contribution in [0.1, 0.15) is 34.1 Å². The summed E-state index contributed by atoms with van der Waals surface area (Å²) < 4.78 is 2.33. The topological polar surface area (TPSA) is 33.2 Å². The Kier molecular flexibility index (Phi) is 4.54. The molecule has 1 aliphatic heterocycles. The van der Waals surface area contributed by atoms with Crippen LogP contribution in [0.4, 0.5) is 0 Å². The summed E-state index contributed by atoms with van der Waals surface area (Å²) in [6.45, 7) is 1.61. The first-order valence-electron chi connectivity index (χ1n) is 8.11. The van der Waals surface area contributed by atoms with Crippen LogP contribution in [-0.4, -0.2) is 28.9 Å². The maximum absolute atomic E-state index is 12.8. The molecule has 1 aromatic heterocycles. The van der Waals surface area contributed by atoms with Crippen LogP contribution < -0.4 is 0 Å². The minimum absolute atomic E-state index is 0.138. The highest BCUT2D eigenvalue weighted by Gasteiger charge is 2.27. The molecule has 0 unspecified atom stereocenters. The Balaban J connectivity index is 1.56. The smallest absolute Gasteiger partial charge is 0.253 e. The summed E-state index contributed by atoms with van der Waals surface area (Å²) in [5, 5.41) is 1.16. The molecule has 0 saturated carbocycles. The molecule has 1 fully saturated rings. The van der Waals surface area contributed by atoms with Gasteiger partial charge in [0.05, 0.1) is 15.2 Å². The molecule has 2 aromatic carbocycles. The van der Waals surface area contributed by atoms with Gasteiger partial charge in [-0.05, 0) is 65.8 Å². The van der Waals surface area contributed by atoms with Gasteiger partial charge >= 0.3 is 0 Å². The van der Waals surface area contributed by atoms with Gasteiger partial charge < -0.3 is 4.90 Å². The van der Waals surface area contributed by atoms with Crippen LogP contribution in [0.15, 0.2) is 48.5 Å². The molecule has 3 aromatic rings. The second-order valence-corrected chi connectivity index (χ2v) is 8.43. The highest BCUT2D eigenvalue weighted by molar-refractivity contribution is 14.1. The van der Waals surface area contributed by atoms with Crippen molar-refractivity contribution in [3.8, 4) is 0 Å². The molecule has 4 rings (SSSR count). The molecule has 0 bridgehead atoms. The van der Waals surface area contributed by atoms with Crippen molar-refractivity contribution in [2.75, 3.05) is 13.1 Å². The lowest BCUT2D eigenvalue weighted by molar-refractivity contribution is 0.0707. The van der Waals surface area contributed by atoms with Gasteiger partial charge in [-0.25, -0.2) is 4.98 Å². The van der Waals surface area contributed by atoms with E-state index in [1.807, 2.05) is 35.2 Å². The molecule has 24 heavy (non-hydrogen) atoms. The third kappa shape index (κ3) is 3.19. The van der Waals surface area contributed by atoms with Gasteiger partial charge in [-0.2, -0.15) is 0 Å². The van der Waals surface area contributed by atoms with Crippen molar-refractivity contribution in [3.63, 3.8) is 0 Å². The molecule has 3 nitrogen and oxygen atoms in total. The number of hydrogen-bond acceptors (Lipinski definition) is 3. The first-order valence-corrected chi connectivity index (χ1v) is 10.0. The Hall–Kier alpha value is -1.47. The minimum Gasteiger partial charge on any atom is -0.338 e. The number of halogens is 1. The molecule has 0 aliphatic carbocycles. The highest BCUT2D eigenvalue weighted by Crippen LogP contribution is 2.33. The van der Waals surface area contributed by atoms with Crippen molar-refractivity contribution >= 4 is 50.1 Å². The van der Waals surface area contributed by atoms with Gasteiger partial charge in [0, 0.05) is 28.1 Å². The predicted octanol–water partition coefficient (Wildman–Crippen LogP) is 4.92. The van der Waals surface area contributed by atoms with Crippen LogP contribution >= 0.6 is 33.9 Å². The molecule has 0 spiro atoms. The van der Waals surface area contributed by atoms with E-state index in [1.54, 1.807) is 11.3 Å². The fraction of sp³-hybridized carbons (Fsp3) is 0.263. The molecular weight excluding hydrogens is 431 g/mol. The zero-order chi connectivity index (χ0) is 16.5. The van der Waals surface area contributed by atoms with E-state index < -0.39 is 0 Å². The zero-order valence-corrected chi connectivity index (χ0v) is 16.1. The van der Waals surface area contributed by atoms with Gasteiger partial charge in [0.2, 0.25) is 0 Å². The average molecular weight is 448 g/mol. The summed E-state index contributed by atoms with van der Waals surface area (Å²) in [6, 6.07) is 16.1. The van der Waals surface area contributed by atoms with E-state index in [2.05, 4.69) is 40.8 Å². The van der Waals surface area contributed by atoms with Crippen molar-refractivity contribution in [1.82, 2.24) is 9.88 Å². The second kappa shape index (κ2) is 6.80. The first kappa shape index (κ1) is 16.0. The number of likely N-dealkylation sites (tertiary alicyclic amines) is 1. The number of para-hydroxylation sites is 1. The Morgan fingerprint density at radius 1 is 1.21 bits per heavy atom. The molecular formula is C19H17IN2OS. The number of fused-ring (bicyclic) bond motifs is 1. The lowest BCUT2D eigenvalue weighted by Crippen LogP contribution is -2.39. The number of hydrogen-bond donors (Lipinski definition) is 0. The van der Waals surface area contributed by atoms with E-state index in [4.69, 9.17) is 4.98 Å².